The predicted molar refractivity (Wildman–Crippen MR) is 163 cm³/mol. The lowest BCUT2D eigenvalue weighted by molar-refractivity contribution is 0.0704. The van der Waals surface area contributed by atoms with Gasteiger partial charge in [0, 0.05) is 50.4 Å². The number of para-hydroxylation sites is 1. The molecule has 0 saturated carbocycles. The van der Waals surface area contributed by atoms with E-state index in [1.165, 1.54) is 5.56 Å². The first-order chi connectivity index (χ1) is 21.0. The van der Waals surface area contributed by atoms with Crippen LogP contribution in [0.5, 0.6) is 17.2 Å². The lowest BCUT2D eigenvalue weighted by atomic mass is 10.00. The molecule has 0 N–H and O–H groups in total. The topological polar surface area (TPSA) is 80.8 Å². The van der Waals surface area contributed by atoms with Crippen molar-refractivity contribution in [2.75, 3.05) is 45.3 Å². The molecule has 3 heterocycles. The van der Waals surface area contributed by atoms with Crippen LogP contribution in [0.25, 0.3) is 0 Å². The molecule has 0 aromatic heterocycles. The molecule has 2 saturated heterocycles. The monoisotopic (exact) mass is 585 g/mol. The number of cyclic esters (lactones) is 1. The molecule has 9 nitrogen and oxygen atoms in total. The second-order valence-corrected chi connectivity index (χ2v) is 11.4. The van der Waals surface area contributed by atoms with Gasteiger partial charge in [0.25, 0.3) is 5.91 Å². The maximum atomic E-state index is 13.5. The van der Waals surface area contributed by atoms with Gasteiger partial charge in [0.1, 0.15) is 30.0 Å². The van der Waals surface area contributed by atoms with E-state index in [4.69, 9.17) is 18.9 Å². The molecule has 0 radical (unpaired) electrons. The van der Waals surface area contributed by atoms with Gasteiger partial charge in [0.15, 0.2) is 0 Å². The van der Waals surface area contributed by atoms with Crippen molar-refractivity contribution in [3.8, 4) is 17.2 Å². The molecule has 3 aliphatic heterocycles. The van der Waals surface area contributed by atoms with Crippen LogP contribution in [0.1, 0.15) is 47.2 Å². The molecule has 0 spiro atoms. The number of amides is 2. The van der Waals surface area contributed by atoms with Gasteiger partial charge in [-0.2, -0.15) is 0 Å². The van der Waals surface area contributed by atoms with E-state index >= 15 is 0 Å². The van der Waals surface area contributed by atoms with Crippen LogP contribution in [0, 0.1) is 0 Å². The summed E-state index contributed by atoms with van der Waals surface area (Å²) in [5.74, 6) is 2.02. The molecular weight excluding hydrogens is 546 g/mol. The van der Waals surface area contributed by atoms with Gasteiger partial charge in [-0.15, -0.1) is 0 Å². The number of anilines is 1. The summed E-state index contributed by atoms with van der Waals surface area (Å²) in [6, 6.07) is 21.5. The molecular formula is C34H39N3O6. The zero-order valence-electron chi connectivity index (χ0n) is 24.9. The van der Waals surface area contributed by atoms with E-state index < -0.39 is 0 Å². The number of rotatable bonds is 8. The highest BCUT2D eigenvalue weighted by atomic mass is 16.6. The Bertz CT molecular complexity index is 1450. The van der Waals surface area contributed by atoms with Crippen molar-refractivity contribution in [1.29, 1.82) is 0 Å². The average molecular weight is 586 g/mol. The summed E-state index contributed by atoms with van der Waals surface area (Å²) in [5.41, 5.74) is 3.67. The third-order valence-electron chi connectivity index (χ3n) is 8.70. The Hall–Kier alpha value is -4.24. The average Bonchev–Trinajstić information content (AvgIpc) is 3.05. The Morgan fingerprint density at radius 2 is 1.65 bits per heavy atom. The molecule has 0 atom stereocenters. The van der Waals surface area contributed by atoms with Crippen molar-refractivity contribution in [2.24, 2.45) is 0 Å². The molecule has 2 fully saturated rings. The fourth-order valence-electron chi connectivity index (χ4n) is 6.35. The zero-order chi connectivity index (χ0) is 29.8. The molecule has 0 unspecified atom stereocenters. The zero-order valence-corrected chi connectivity index (χ0v) is 24.9. The molecule has 0 bridgehead atoms. The number of benzene rings is 3. The van der Waals surface area contributed by atoms with E-state index in [9.17, 15) is 9.59 Å². The fraction of sp³-hybridized carbons (Fsp3) is 0.412. The van der Waals surface area contributed by atoms with Gasteiger partial charge in [-0.1, -0.05) is 30.3 Å². The summed E-state index contributed by atoms with van der Waals surface area (Å²) in [6.45, 7) is 4.18. The highest BCUT2D eigenvalue weighted by Crippen LogP contribution is 2.33. The van der Waals surface area contributed by atoms with Gasteiger partial charge in [-0.3, -0.25) is 14.6 Å². The molecule has 3 aliphatic rings. The van der Waals surface area contributed by atoms with E-state index in [0.717, 1.165) is 49.5 Å². The van der Waals surface area contributed by atoms with Gasteiger partial charge in [0.05, 0.1) is 25.5 Å². The lowest BCUT2D eigenvalue weighted by Crippen LogP contribution is -2.50. The second-order valence-electron chi connectivity index (χ2n) is 11.4. The van der Waals surface area contributed by atoms with E-state index in [1.807, 2.05) is 53.4 Å². The summed E-state index contributed by atoms with van der Waals surface area (Å²) in [5, 5.41) is 0. The Balaban J connectivity index is 1.03. The predicted octanol–water partition coefficient (Wildman–Crippen LogP) is 5.51. The molecule has 9 heteroatoms. The van der Waals surface area contributed by atoms with Crippen molar-refractivity contribution < 1.29 is 28.5 Å². The molecule has 0 aliphatic carbocycles. The molecule has 3 aromatic carbocycles. The smallest absolute Gasteiger partial charge is 0.414 e. The van der Waals surface area contributed by atoms with Gasteiger partial charge in [-0.25, -0.2) is 4.79 Å². The summed E-state index contributed by atoms with van der Waals surface area (Å²) in [7, 11) is 3.27. The first-order valence-corrected chi connectivity index (χ1v) is 15.1. The normalized spacial score (nSPS) is 18.1. The number of piperidine rings is 2. The van der Waals surface area contributed by atoms with E-state index in [1.54, 1.807) is 25.2 Å². The summed E-state index contributed by atoms with van der Waals surface area (Å²) in [6.07, 6.45) is 3.00. The fourth-order valence-corrected chi connectivity index (χ4v) is 6.35. The number of nitrogens with zero attached hydrogens (tertiary/aromatic N) is 3. The van der Waals surface area contributed by atoms with Crippen LogP contribution in [0.3, 0.4) is 0 Å². The molecule has 6 rings (SSSR count). The van der Waals surface area contributed by atoms with E-state index in [2.05, 4.69) is 17.0 Å². The highest BCUT2D eigenvalue weighted by molar-refractivity contribution is 5.97. The van der Waals surface area contributed by atoms with E-state index in [0.29, 0.717) is 49.6 Å². The second kappa shape index (κ2) is 13.0. The largest absolute Gasteiger partial charge is 0.497 e. The Morgan fingerprint density at radius 1 is 0.860 bits per heavy atom. The van der Waals surface area contributed by atoms with Gasteiger partial charge < -0.3 is 23.8 Å². The summed E-state index contributed by atoms with van der Waals surface area (Å²) >= 11 is 0. The Labute approximate surface area is 252 Å². The minimum atomic E-state index is -0.316. The minimum absolute atomic E-state index is 0.0161. The van der Waals surface area contributed by atoms with Crippen LogP contribution >= 0.6 is 0 Å². The third kappa shape index (κ3) is 6.41. The number of carbonyl (C=O) groups excluding carboxylic acids is 2. The van der Waals surface area contributed by atoms with E-state index in [-0.39, 0.29) is 24.1 Å². The summed E-state index contributed by atoms with van der Waals surface area (Å²) < 4.78 is 22.7. The van der Waals surface area contributed by atoms with Crippen LogP contribution in [-0.2, 0) is 17.9 Å². The highest BCUT2D eigenvalue weighted by Gasteiger charge is 2.35. The van der Waals surface area contributed by atoms with Crippen LogP contribution < -0.4 is 19.1 Å². The first-order valence-electron chi connectivity index (χ1n) is 15.1. The maximum absolute atomic E-state index is 13.5. The number of hydrogen-bond acceptors (Lipinski definition) is 7. The quantitative estimate of drug-likeness (QED) is 0.345. The number of methoxy groups -OCH3 is 2. The maximum Gasteiger partial charge on any atom is 0.414 e. The summed E-state index contributed by atoms with van der Waals surface area (Å²) in [4.78, 5) is 32.2. The first kappa shape index (κ1) is 28.9. The third-order valence-corrected chi connectivity index (χ3v) is 8.70. The van der Waals surface area contributed by atoms with Crippen molar-refractivity contribution in [1.82, 2.24) is 9.80 Å². The van der Waals surface area contributed by atoms with Gasteiger partial charge in [0.2, 0.25) is 0 Å². The van der Waals surface area contributed by atoms with Crippen LogP contribution in [0.4, 0.5) is 10.5 Å². The Kier molecular flexibility index (Phi) is 8.69. The van der Waals surface area contributed by atoms with Crippen molar-refractivity contribution in [2.45, 2.75) is 51.0 Å². The Morgan fingerprint density at radius 3 is 2.42 bits per heavy atom. The van der Waals surface area contributed by atoms with Gasteiger partial charge >= 0.3 is 6.09 Å². The van der Waals surface area contributed by atoms with Crippen LogP contribution in [-0.4, -0.2) is 74.3 Å². The number of likely N-dealkylation sites (tertiary alicyclic amines) is 2. The molecule has 43 heavy (non-hydrogen) atoms. The molecule has 3 aromatic rings. The molecule has 226 valence electrons. The van der Waals surface area contributed by atoms with Crippen molar-refractivity contribution in [3.63, 3.8) is 0 Å². The van der Waals surface area contributed by atoms with Crippen molar-refractivity contribution >= 4 is 17.7 Å². The number of hydrogen-bond donors (Lipinski definition) is 0. The SMILES string of the molecule is COc1cccc(CN2CCC(Oc3ccc(C(=O)N4CCC(N5C(=O)OCc6ccccc65)CC4)c(OC)c3)CC2)c1. The van der Waals surface area contributed by atoms with Crippen LogP contribution in [0.2, 0.25) is 0 Å². The standard InChI is InChI=1S/C34H39N3O6/c1-40-28-8-5-6-24(20-28)22-35-16-14-27(15-17-35)43-29-10-11-30(32(21-29)41-2)33(38)36-18-12-26(13-19-36)37-31-9-4-3-7-25(31)23-42-34(37)39/h3-11,20-21,26-27H,12-19,22-23H2,1-2H3. The van der Waals surface area contributed by atoms with Crippen LogP contribution in [0.15, 0.2) is 66.7 Å². The number of ether oxygens (including phenoxy) is 4. The minimum Gasteiger partial charge on any atom is -0.497 e. The van der Waals surface area contributed by atoms with Gasteiger partial charge in [-0.05, 0) is 61.6 Å². The van der Waals surface area contributed by atoms with Crippen molar-refractivity contribution in [3.05, 3.63) is 83.4 Å². The number of fused-ring (bicyclic) bond motifs is 1. The molecule has 2 amide bonds. The lowest BCUT2D eigenvalue weighted by Gasteiger charge is -2.40. The number of carbonyl (C=O) groups is 2.